The smallest absolute Gasteiger partial charge is 0.225 e. The minimum Gasteiger partial charge on any atom is -0.338 e. The molecule has 5 heteroatoms. The molecule has 1 fully saturated rings. The van der Waals surface area contributed by atoms with Crippen LogP contribution in [0.4, 0.5) is 5.95 Å². The summed E-state index contributed by atoms with van der Waals surface area (Å²) in [6.45, 7) is 1.04. The summed E-state index contributed by atoms with van der Waals surface area (Å²) in [6, 6.07) is 0.542. The van der Waals surface area contributed by atoms with Gasteiger partial charge in [0, 0.05) is 18.5 Å². The number of alkyl halides is 1. The van der Waals surface area contributed by atoms with Crippen LogP contribution in [0, 0.1) is 0 Å². The lowest BCUT2D eigenvalue weighted by Crippen LogP contribution is -2.30. The van der Waals surface area contributed by atoms with Crippen LogP contribution in [0.5, 0.6) is 0 Å². The molecule has 1 aliphatic rings. The molecule has 1 aromatic heterocycles. The van der Waals surface area contributed by atoms with E-state index in [2.05, 4.69) is 14.9 Å². The zero-order chi connectivity index (χ0) is 11.4. The van der Waals surface area contributed by atoms with Gasteiger partial charge in [-0.25, -0.2) is 9.97 Å². The van der Waals surface area contributed by atoms with Crippen LogP contribution in [0.3, 0.4) is 0 Å². The van der Waals surface area contributed by atoms with E-state index in [1.807, 2.05) is 0 Å². The Bertz CT molecular complexity index is 329. The van der Waals surface area contributed by atoms with Gasteiger partial charge in [-0.05, 0) is 25.7 Å². The van der Waals surface area contributed by atoms with Gasteiger partial charge < -0.3 is 4.90 Å². The Labute approximate surface area is 106 Å². The van der Waals surface area contributed by atoms with Crippen molar-refractivity contribution in [2.45, 2.75) is 31.7 Å². The van der Waals surface area contributed by atoms with E-state index in [0.29, 0.717) is 11.1 Å². The molecule has 1 saturated heterocycles. The minimum atomic E-state index is 0.542. The van der Waals surface area contributed by atoms with Gasteiger partial charge in [-0.1, -0.05) is 11.6 Å². The van der Waals surface area contributed by atoms with E-state index >= 15 is 0 Å². The fourth-order valence-electron chi connectivity index (χ4n) is 2.17. The van der Waals surface area contributed by atoms with Gasteiger partial charge in [0.15, 0.2) is 0 Å². The Balaban J connectivity index is 2.04. The summed E-state index contributed by atoms with van der Waals surface area (Å²) in [4.78, 5) is 10.8. The maximum atomic E-state index is 5.78. The molecule has 1 aromatic rings. The lowest BCUT2D eigenvalue weighted by molar-refractivity contribution is 0.594. The summed E-state index contributed by atoms with van der Waals surface area (Å²) in [6.07, 6.45) is 7.90. The van der Waals surface area contributed by atoms with Gasteiger partial charge in [-0.15, -0.1) is 11.6 Å². The van der Waals surface area contributed by atoms with Crippen LogP contribution in [0.2, 0.25) is 5.02 Å². The zero-order valence-electron chi connectivity index (χ0n) is 9.07. The molecule has 2 heterocycles. The second-order valence-electron chi connectivity index (χ2n) is 4.02. The Kier molecular flexibility index (Phi) is 4.24. The van der Waals surface area contributed by atoms with Crippen LogP contribution in [-0.2, 0) is 0 Å². The average Bonchev–Trinajstić information content (AvgIpc) is 2.75. The third-order valence-electron chi connectivity index (χ3n) is 2.91. The Morgan fingerprint density at radius 3 is 2.81 bits per heavy atom. The number of rotatable bonds is 4. The summed E-state index contributed by atoms with van der Waals surface area (Å²) >= 11 is 11.5. The van der Waals surface area contributed by atoms with Crippen LogP contribution < -0.4 is 4.90 Å². The first-order valence-corrected chi connectivity index (χ1v) is 6.52. The fraction of sp³-hybridized carbons (Fsp3) is 0.636. The molecule has 16 heavy (non-hydrogen) atoms. The first kappa shape index (κ1) is 11.9. The van der Waals surface area contributed by atoms with Crippen molar-refractivity contribution in [2.24, 2.45) is 0 Å². The lowest BCUT2D eigenvalue weighted by Gasteiger charge is -2.24. The van der Waals surface area contributed by atoms with Crippen molar-refractivity contribution in [3.63, 3.8) is 0 Å². The number of hydrogen-bond acceptors (Lipinski definition) is 3. The normalized spacial score (nSPS) is 20.4. The zero-order valence-corrected chi connectivity index (χ0v) is 10.6. The van der Waals surface area contributed by atoms with Crippen molar-refractivity contribution in [1.29, 1.82) is 0 Å². The van der Waals surface area contributed by atoms with Gasteiger partial charge >= 0.3 is 0 Å². The third-order valence-corrected chi connectivity index (χ3v) is 3.37. The minimum absolute atomic E-state index is 0.542. The van der Waals surface area contributed by atoms with E-state index in [9.17, 15) is 0 Å². The Morgan fingerprint density at radius 2 is 2.12 bits per heavy atom. The van der Waals surface area contributed by atoms with Crippen molar-refractivity contribution in [1.82, 2.24) is 9.97 Å². The Hall–Kier alpha value is -0.540. The number of hydrogen-bond donors (Lipinski definition) is 0. The number of anilines is 1. The highest BCUT2D eigenvalue weighted by atomic mass is 35.5. The molecule has 1 atom stereocenters. The predicted molar refractivity (Wildman–Crippen MR) is 67.4 cm³/mol. The lowest BCUT2D eigenvalue weighted by atomic mass is 10.1. The van der Waals surface area contributed by atoms with Crippen LogP contribution in [0.1, 0.15) is 25.7 Å². The highest BCUT2D eigenvalue weighted by molar-refractivity contribution is 6.30. The summed E-state index contributed by atoms with van der Waals surface area (Å²) in [5.74, 6) is 1.52. The molecular formula is C11H15Cl2N3. The van der Waals surface area contributed by atoms with Crippen LogP contribution in [0.25, 0.3) is 0 Å². The van der Waals surface area contributed by atoms with Gasteiger partial charge in [-0.3, -0.25) is 0 Å². The third kappa shape index (κ3) is 2.77. The number of nitrogens with zero attached hydrogens (tertiary/aromatic N) is 3. The van der Waals surface area contributed by atoms with Crippen LogP contribution in [-0.4, -0.2) is 28.4 Å². The molecule has 1 aliphatic heterocycles. The molecule has 0 radical (unpaired) electrons. The molecule has 0 spiro atoms. The van der Waals surface area contributed by atoms with E-state index in [-0.39, 0.29) is 0 Å². The van der Waals surface area contributed by atoms with E-state index in [0.717, 1.165) is 31.2 Å². The van der Waals surface area contributed by atoms with Gasteiger partial charge in [-0.2, -0.15) is 0 Å². The van der Waals surface area contributed by atoms with Gasteiger partial charge in [0.25, 0.3) is 0 Å². The first-order valence-electron chi connectivity index (χ1n) is 5.61. The second-order valence-corrected chi connectivity index (χ2v) is 4.84. The monoisotopic (exact) mass is 259 g/mol. The second kappa shape index (κ2) is 5.69. The predicted octanol–water partition coefficient (Wildman–Crippen LogP) is 3.12. The molecule has 3 nitrogen and oxygen atoms in total. The molecule has 2 rings (SSSR count). The summed E-state index contributed by atoms with van der Waals surface area (Å²) in [5, 5.41) is 0.584. The molecule has 0 saturated carbocycles. The fourth-order valence-corrected chi connectivity index (χ4v) is 2.42. The topological polar surface area (TPSA) is 29.0 Å². The molecule has 0 bridgehead atoms. The summed E-state index contributed by atoms with van der Waals surface area (Å²) < 4.78 is 0. The van der Waals surface area contributed by atoms with Crippen molar-refractivity contribution < 1.29 is 0 Å². The molecule has 0 N–H and O–H groups in total. The van der Waals surface area contributed by atoms with Gasteiger partial charge in [0.1, 0.15) is 0 Å². The number of halogens is 2. The van der Waals surface area contributed by atoms with Crippen LogP contribution in [0.15, 0.2) is 12.4 Å². The standard InChI is InChI=1S/C11H15Cl2N3/c12-5-1-3-10-4-2-6-16(10)11-14-7-9(13)8-15-11/h7-8,10H,1-6H2. The average molecular weight is 260 g/mol. The maximum Gasteiger partial charge on any atom is 0.225 e. The Morgan fingerprint density at radius 1 is 1.38 bits per heavy atom. The largest absolute Gasteiger partial charge is 0.338 e. The number of aromatic nitrogens is 2. The summed E-state index contributed by atoms with van der Waals surface area (Å²) in [7, 11) is 0. The van der Waals surface area contributed by atoms with Crippen LogP contribution >= 0.6 is 23.2 Å². The van der Waals surface area contributed by atoms with Gasteiger partial charge in [0.05, 0.1) is 17.4 Å². The van der Waals surface area contributed by atoms with E-state index in [1.165, 1.54) is 12.8 Å². The van der Waals surface area contributed by atoms with E-state index in [1.54, 1.807) is 12.4 Å². The molecule has 0 aromatic carbocycles. The quantitative estimate of drug-likeness (QED) is 0.779. The molecule has 0 aliphatic carbocycles. The van der Waals surface area contributed by atoms with E-state index < -0.39 is 0 Å². The first-order chi connectivity index (χ1) is 7.81. The SMILES string of the molecule is ClCCCC1CCCN1c1ncc(Cl)cn1. The molecular weight excluding hydrogens is 245 g/mol. The van der Waals surface area contributed by atoms with Crippen molar-refractivity contribution in [3.8, 4) is 0 Å². The van der Waals surface area contributed by atoms with Gasteiger partial charge in [0.2, 0.25) is 5.95 Å². The maximum absolute atomic E-state index is 5.78. The van der Waals surface area contributed by atoms with Crippen molar-refractivity contribution >= 4 is 29.2 Å². The molecule has 0 amide bonds. The van der Waals surface area contributed by atoms with Crippen molar-refractivity contribution in [2.75, 3.05) is 17.3 Å². The highest BCUT2D eigenvalue weighted by Gasteiger charge is 2.25. The summed E-state index contributed by atoms with van der Waals surface area (Å²) in [5.41, 5.74) is 0. The van der Waals surface area contributed by atoms with Crippen molar-refractivity contribution in [3.05, 3.63) is 17.4 Å². The van der Waals surface area contributed by atoms with E-state index in [4.69, 9.17) is 23.2 Å². The molecule has 88 valence electrons. The molecule has 1 unspecified atom stereocenters. The highest BCUT2D eigenvalue weighted by Crippen LogP contribution is 2.25.